The number of amides is 1. The zero-order valence-corrected chi connectivity index (χ0v) is 17.3. The third kappa shape index (κ3) is 4.08. The monoisotopic (exact) mass is 471 g/mol. The standard InChI is InChI=1S/C20H15BrFN5O3/c1-12-2-5-14(6-3-12)30-19-18-25-27(20(29)26(18)9-8-23-19)11-17(28)24-16-7-4-13(21)10-15(16)22/h2-10H,11H2,1H3,(H,24,28). The number of carbonyl (C=O) groups excluding carboxylic acids is 1. The van der Waals surface area contributed by atoms with Crippen LogP contribution in [0.15, 0.2) is 64.1 Å². The van der Waals surface area contributed by atoms with E-state index in [0.29, 0.717) is 10.2 Å². The van der Waals surface area contributed by atoms with E-state index in [9.17, 15) is 14.0 Å². The number of anilines is 1. The highest BCUT2D eigenvalue weighted by Crippen LogP contribution is 2.22. The van der Waals surface area contributed by atoms with Crippen LogP contribution in [-0.4, -0.2) is 25.1 Å². The number of aryl methyl sites for hydroxylation is 1. The first-order chi connectivity index (χ1) is 14.4. The van der Waals surface area contributed by atoms with Crippen molar-refractivity contribution < 1.29 is 13.9 Å². The minimum atomic E-state index is -0.601. The van der Waals surface area contributed by atoms with E-state index in [-0.39, 0.29) is 17.2 Å². The van der Waals surface area contributed by atoms with E-state index >= 15 is 0 Å². The van der Waals surface area contributed by atoms with Crippen molar-refractivity contribution in [3.8, 4) is 11.6 Å². The van der Waals surface area contributed by atoms with Gasteiger partial charge in [0.05, 0.1) is 5.69 Å². The second-order valence-corrected chi connectivity index (χ2v) is 7.37. The molecule has 4 rings (SSSR count). The second kappa shape index (κ2) is 8.07. The van der Waals surface area contributed by atoms with Gasteiger partial charge in [-0.25, -0.2) is 23.3 Å². The fraction of sp³-hybridized carbons (Fsp3) is 0.100. The van der Waals surface area contributed by atoms with Crippen molar-refractivity contribution >= 4 is 33.2 Å². The van der Waals surface area contributed by atoms with E-state index in [1.807, 2.05) is 19.1 Å². The minimum Gasteiger partial charge on any atom is -0.436 e. The molecule has 0 atom stereocenters. The van der Waals surface area contributed by atoms with E-state index in [0.717, 1.165) is 10.2 Å². The van der Waals surface area contributed by atoms with Gasteiger partial charge in [0, 0.05) is 16.9 Å². The fourth-order valence-electron chi connectivity index (χ4n) is 2.74. The van der Waals surface area contributed by atoms with Gasteiger partial charge in [0.15, 0.2) is 0 Å². The summed E-state index contributed by atoms with van der Waals surface area (Å²) in [5.74, 6) is -0.544. The Morgan fingerprint density at radius 2 is 2.00 bits per heavy atom. The van der Waals surface area contributed by atoms with Crippen molar-refractivity contribution in [1.82, 2.24) is 19.2 Å². The summed E-state index contributed by atoms with van der Waals surface area (Å²) in [6.45, 7) is 1.55. The van der Waals surface area contributed by atoms with Gasteiger partial charge in [-0.15, -0.1) is 5.10 Å². The summed E-state index contributed by atoms with van der Waals surface area (Å²) in [5.41, 5.74) is 0.686. The summed E-state index contributed by atoms with van der Waals surface area (Å²) in [7, 11) is 0. The molecular formula is C20H15BrFN5O3. The molecule has 8 nitrogen and oxygen atoms in total. The van der Waals surface area contributed by atoms with Crippen molar-refractivity contribution in [3.05, 3.63) is 81.2 Å². The molecule has 1 N–H and O–H groups in total. The highest BCUT2D eigenvalue weighted by Gasteiger charge is 2.16. The van der Waals surface area contributed by atoms with Crippen LogP contribution in [0.25, 0.3) is 5.65 Å². The molecule has 2 aromatic heterocycles. The molecule has 0 radical (unpaired) electrons. The van der Waals surface area contributed by atoms with Gasteiger partial charge in [0.1, 0.15) is 18.1 Å². The topological polar surface area (TPSA) is 90.5 Å². The summed E-state index contributed by atoms with van der Waals surface area (Å²) in [5, 5.41) is 6.59. The molecule has 0 saturated carbocycles. The van der Waals surface area contributed by atoms with Crippen LogP contribution in [0.2, 0.25) is 0 Å². The third-order valence-corrected chi connectivity index (χ3v) is 4.70. The highest BCUT2D eigenvalue weighted by atomic mass is 79.9. The number of rotatable bonds is 5. The molecule has 0 aliphatic heterocycles. The zero-order chi connectivity index (χ0) is 21.3. The normalized spacial score (nSPS) is 10.9. The van der Waals surface area contributed by atoms with Crippen LogP contribution in [0, 0.1) is 12.7 Å². The number of nitrogens with zero attached hydrogens (tertiary/aromatic N) is 4. The lowest BCUT2D eigenvalue weighted by atomic mass is 10.2. The number of carbonyl (C=O) groups is 1. The molecule has 0 fully saturated rings. The van der Waals surface area contributed by atoms with E-state index in [2.05, 4.69) is 31.3 Å². The Hall–Kier alpha value is -3.53. The van der Waals surface area contributed by atoms with Gasteiger partial charge in [-0.3, -0.25) is 4.79 Å². The van der Waals surface area contributed by atoms with Gasteiger partial charge in [0.25, 0.3) is 5.88 Å². The number of hydrogen-bond acceptors (Lipinski definition) is 5. The Balaban J connectivity index is 1.59. The van der Waals surface area contributed by atoms with E-state index in [1.54, 1.807) is 18.2 Å². The van der Waals surface area contributed by atoms with Gasteiger partial charge in [-0.05, 0) is 37.3 Å². The van der Waals surface area contributed by atoms with Gasteiger partial charge in [0.2, 0.25) is 11.6 Å². The quantitative estimate of drug-likeness (QED) is 0.480. The molecule has 30 heavy (non-hydrogen) atoms. The first-order valence-corrected chi connectivity index (χ1v) is 9.63. The lowest BCUT2D eigenvalue weighted by Gasteiger charge is -2.06. The van der Waals surface area contributed by atoms with E-state index in [4.69, 9.17) is 4.74 Å². The summed E-state index contributed by atoms with van der Waals surface area (Å²) in [6.07, 6.45) is 2.83. The molecule has 2 heterocycles. The highest BCUT2D eigenvalue weighted by molar-refractivity contribution is 9.10. The van der Waals surface area contributed by atoms with Crippen LogP contribution < -0.4 is 15.7 Å². The van der Waals surface area contributed by atoms with Crippen LogP contribution in [0.3, 0.4) is 0 Å². The van der Waals surface area contributed by atoms with E-state index in [1.165, 1.54) is 28.9 Å². The average Bonchev–Trinajstić information content (AvgIpc) is 3.02. The van der Waals surface area contributed by atoms with Crippen LogP contribution in [0.5, 0.6) is 11.6 Å². The number of hydrogen-bond donors (Lipinski definition) is 1. The number of ether oxygens (including phenoxy) is 1. The molecule has 0 aliphatic carbocycles. The maximum atomic E-state index is 13.9. The van der Waals surface area contributed by atoms with Crippen molar-refractivity contribution in [2.24, 2.45) is 0 Å². The Morgan fingerprint density at radius 1 is 1.23 bits per heavy atom. The van der Waals surface area contributed by atoms with Gasteiger partial charge in [-0.2, -0.15) is 0 Å². The summed E-state index contributed by atoms with van der Waals surface area (Å²) in [6, 6.07) is 11.5. The van der Waals surface area contributed by atoms with Crippen molar-refractivity contribution in [2.45, 2.75) is 13.5 Å². The Bertz CT molecular complexity index is 1300. The molecule has 152 valence electrons. The lowest BCUT2D eigenvalue weighted by Crippen LogP contribution is -2.28. The third-order valence-electron chi connectivity index (χ3n) is 4.20. The van der Waals surface area contributed by atoms with Gasteiger partial charge < -0.3 is 10.1 Å². The molecule has 0 bridgehead atoms. The number of fused-ring (bicyclic) bond motifs is 1. The molecule has 4 aromatic rings. The van der Waals surface area contributed by atoms with Gasteiger partial charge in [-0.1, -0.05) is 33.6 Å². The predicted molar refractivity (Wildman–Crippen MR) is 111 cm³/mol. The van der Waals surface area contributed by atoms with Crippen LogP contribution in [0.4, 0.5) is 10.1 Å². The molecule has 1 amide bonds. The number of benzene rings is 2. The summed E-state index contributed by atoms with van der Waals surface area (Å²) >= 11 is 3.15. The Labute approximate surface area is 178 Å². The average molecular weight is 472 g/mol. The number of halogens is 2. The van der Waals surface area contributed by atoms with Crippen molar-refractivity contribution in [1.29, 1.82) is 0 Å². The fourth-order valence-corrected chi connectivity index (χ4v) is 3.07. The molecular weight excluding hydrogens is 457 g/mol. The lowest BCUT2D eigenvalue weighted by molar-refractivity contribution is -0.117. The Morgan fingerprint density at radius 3 is 2.73 bits per heavy atom. The first-order valence-electron chi connectivity index (χ1n) is 8.84. The van der Waals surface area contributed by atoms with Crippen LogP contribution in [0.1, 0.15) is 5.56 Å². The number of aromatic nitrogens is 4. The van der Waals surface area contributed by atoms with E-state index < -0.39 is 24.0 Å². The minimum absolute atomic E-state index is 0.00470. The van der Waals surface area contributed by atoms with Crippen LogP contribution >= 0.6 is 15.9 Å². The smallest absolute Gasteiger partial charge is 0.351 e. The molecule has 0 aliphatic rings. The summed E-state index contributed by atoms with van der Waals surface area (Å²) < 4.78 is 22.4. The molecule has 10 heteroatoms. The Kier molecular flexibility index (Phi) is 5.32. The SMILES string of the molecule is Cc1ccc(Oc2nccn3c(=O)n(CC(=O)Nc4ccc(Br)cc4F)nc23)cc1. The maximum Gasteiger partial charge on any atom is 0.351 e. The zero-order valence-electron chi connectivity index (χ0n) is 15.7. The van der Waals surface area contributed by atoms with Crippen LogP contribution in [-0.2, 0) is 11.3 Å². The first kappa shape index (κ1) is 19.8. The molecule has 2 aromatic carbocycles. The summed E-state index contributed by atoms with van der Waals surface area (Å²) in [4.78, 5) is 29.0. The van der Waals surface area contributed by atoms with Crippen molar-refractivity contribution in [2.75, 3.05) is 5.32 Å². The molecule has 0 unspecified atom stereocenters. The maximum absolute atomic E-state index is 13.9. The molecule has 0 spiro atoms. The number of nitrogens with one attached hydrogen (secondary N) is 1. The van der Waals surface area contributed by atoms with Gasteiger partial charge >= 0.3 is 5.69 Å². The second-order valence-electron chi connectivity index (χ2n) is 6.45. The predicted octanol–water partition coefficient (Wildman–Crippen LogP) is 3.53. The van der Waals surface area contributed by atoms with Crippen molar-refractivity contribution in [3.63, 3.8) is 0 Å². The largest absolute Gasteiger partial charge is 0.436 e. The molecule has 0 saturated heterocycles.